The van der Waals surface area contributed by atoms with E-state index < -0.39 is 0 Å². The summed E-state index contributed by atoms with van der Waals surface area (Å²) in [4.78, 5) is 17.1. The summed E-state index contributed by atoms with van der Waals surface area (Å²) in [5.41, 5.74) is 2.31. The van der Waals surface area contributed by atoms with Crippen LogP contribution in [0.25, 0.3) is 6.08 Å². The van der Waals surface area contributed by atoms with Gasteiger partial charge in [-0.2, -0.15) is 0 Å². The van der Waals surface area contributed by atoms with Crippen LogP contribution in [0.15, 0.2) is 54.6 Å². The number of carbonyl (C=O) groups is 1. The molecule has 2 heterocycles. The zero-order chi connectivity index (χ0) is 19.2. The number of hydrogen-bond acceptors (Lipinski definition) is 5. The van der Waals surface area contributed by atoms with E-state index in [-0.39, 0.29) is 25.0 Å². The molecule has 5 nitrogen and oxygen atoms in total. The molecule has 2 aliphatic rings. The van der Waals surface area contributed by atoms with E-state index in [9.17, 15) is 4.79 Å². The SMILES string of the molecule is Cl.O=C(C=Cc1ccc2c(c1)OCO2)CCN1CCN(Cc2ccccc2)CC1. The van der Waals surface area contributed by atoms with E-state index in [2.05, 4.69) is 40.1 Å². The maximum atomic E-state index is 12.2. The van der Waals surface area contributed by atoms with E-state index in [1.54, 1.807) is 6.08 Å². The normalized spacial score (nSPS) is 16.7. The number of ether oxygens (including phenoxy) is 2. The van der Waals surface area contributed by atoms with Gasteiger partial charge in [-0.1, -0.05) is 42.5 Å². The Morgan fingerprint density at radius 2 is 1.66 bits per heavy atom. The molecule has 2 aromatic carbocycles. The molecule has 4 rings (SSSR count). The molecule has 0 unspecified atom stereocenters. The van der Waals surface area contributed by atoms with Crippen LogP contribution in [-0.4, -0.2) is 55.1 Å². The predicted molar refractivity (Wildman–Crippen MR) is 117 cm³/mol. The van der Waals surface area contributed by atoms with Gasteiger partial charge in [0.25, 0.3) is 0 Å². The van der Waals surface area contributed by atoms with Crippen molar-refractivity contribution in [2.45, 2.75) is 13.0 Å². The van der Waals surface area contributed by atoms with Gasteiger partial charge in [-0.3, -0.25) is 9.69 Å². The molecular weight excluding hydrogens is 388 g/mol. The second-order valence-corrected chi connectivity index (χ2v) is 7.27. The van der Waals surface area contributed by atoms with Crippen molar-refractivity contribution < 1.29 is 14.3 Å². The Morgan fingerprint density at radius 1 is 0.931 bits per heavy atom. The van der Waals surface area contributed by atoms with E-state index in [1.807, 2.05) is 24.3 Å². The van der Waals surface area contributed by atoms with Crippen molar-refractivity contribution in [3.05, 3.63) is 65.7 Å². The standard InChI is InChI=1S/C23H26N2O3.ClH/c26-21(8-6-19-7-9-22-23(16-19)28-18-27-22)10-11-24-12-14-25(15-13-24)17-20-4-2-1-3-5-20;/h1-9,16H,10-15,17-18H2;1H. The summed E-state index contributed by atoms with van der Waals surface area (Å²) in [5, 5.41) is 0. The lowest BCUT2D eigenvalue weighted by atomic mass is 10.1. The fourth-order valence-electron chi connectivity index (χ4n) is 3.57. The maximum Gasteiger partial charge on any atom is 0.231 e. The van der Waals surface area contributed by atoms with Crippen molar-refractivity contribution in [2.24, 2.45) is 0 Å². The molecule has 0 radical (unpaired) electrons. The average Bonchev–Trinajstić information content (AvgIpc) is 3.20. The lowest BCUT2D eigenvalue weighted by Gasteiger charge is -2.34. The molecule has 1 saturated heterocycles. The average molecular weight is 415 g/mol. The highest BCUT2D eigenvalue weighted by Gasteiger charge is 2.17. The van der Waals surface area contributed by atoms with Gasteiger partial charge in [-0.05, 0) is 29.3 Å². The topological polar surface area (TPSA) is 42.0 Å². The maximum absolute atomic E-state index is 12.2. The van der Waals surface area contributed by atoms with Crippen LogP contribution >= 0.6 is 12.4 Å². The number of carbonyl (C=O) groups excluding carboxylic acids is 1. The van der Waals surface area contributed by atoms with Crippen LogP contribution in [0.3, 0.4) is 0 Å². The molecule has 1 fully saturated rings. The first-order chi connectivity index (χ1) is 13.8. The van der Waals surface area contributed by atoms with E-state index in [4.69, 9.17) is 9.47 Å². The third-order valence-corrected chi connectivity index (χ3v) is 5.25. The number of allylic oxidation sites excluding steroid dienone is 1. The summed E-state index contributed by atoms with van der Waals surface area (Å²) in [6.07, 6.45) is 4.07. The summed E-state index contributed by atoms with van der Waals surface area (Å²) < 4.78 is 10.7. The van der Waals surface area contributed by atoms with E-state index in [1.165, 1.54) is 5.56 Å². The van der Waals surface area contributed by atoms with Crippen LogP contribution in [0.4, 0.5) is 0 Å². The molecule has 0 aliphatic carbocycles. The first-order valence-electron chi connectivity index (χ1n) is 9.85. The molecule has 0 aromatic heterocycles. The van der Waals surface area contributed by atoms with Crippen LogP contribution in [0.1, 0.15) is 17.5 Å². The van der Waals surface area contributed by atoms with Crippen molar-refractivity contribution in [3.63, 3.8) is 0 Å². The van der Waals surface area contributed by atoms with Gasteiger partial charge in [0.2, 0.25) is 6.79 Å². The molecule has 2 aliphatic heterocycles. The largest absolute Gasteiger partial charge is 0.454 e. The van der Waals surface area contributed by atoms with Gasteiger partial charge in [-0.25, -0.2) is 0 Å². The minimum atomic E-state index is 0. The molecule has 154 valence electrons. The number of hydrogen-bond donors (Lipinski definition) is 0. The fourth-order valence-corrected chi connectivity index (χ4v) is 3.57. The lowest BCUT2D eigenvalue weighted by Crippen LogP contribution is -2.46. The molecule has 0 spiro atoms. The van der Waals surface area contributed by atoms with Crippen LogP contribution < -0.4 is 9.47 Å². The molecule has 0 atom stereocenters. The van der Waals surface area contributed by atoms with Crippen LogP contribution in [0, 0.1) is 0 Å². The second kappa shape index (κ2) is 10.4. The monoisotopic (exact) mass is 414 g/mol. The van der Waals surface area contributed by atoms with Gasteiger partial charge in [0.15, 0.2) is 17.3 Å². The Labute approximate surface area is 178 Å². The second-order valence-electron chi connectivity index (χ2n) is 7.27. The molecule has 2 aromatic rings. The Kier molecular flexibility index (Phi) is 7.69. The van der Waals surface area contributed by atoms with Crippen molar-refractivity contribution in [1.82, 2.24) is 9.80 Å². The minimum Gasteiger partial charge on any atom is -0.454 e. The third kappa shape index (κ3) is 6.07. The zero-order valence-electron chi connectivity index (χ0n) is 16.5. The van der Waals surface area contributed by atoms with Crippen LogP contribution in [0.2, 0.25) is 0 Å². The highest BCUT2D eigenvalue weighted by Crippen LogP contribution is 2.32. The van der Waals surface area contributed by atoms with Gasteiger partial charge >= 0.3 is 0 Å². The quantitative estimate of drug-likeness (QED) is 0.647. The summed E-state index contributed by atoms with van der Waals surface area (Å²) in [7, 11) is 0. The molecule has 0 saturated carbocycles. The molecule has 0 N–H and O–H groups in total. The number of halogens is 1. The number of benzene rings is 2. The Hall–Kier alpha value is -2.34. The number of rotatable bonds is 7. The number of nitrogens with zero attached hydrogens (tertiary/aromatic N) is 2. The van der Waals surface area contributed by atoms with Crippen molar-refractivity contribution in [2.75, 3.05) is 39.5 Å². The highest BCUT2D eigenvalue weighted by molar-refractivity contribution is 5.93. The Balaban J connectivity index is 0.00000240. The molecular formula is C23H27ClN2O3. The number of ketones is 1. The van der Waals surface area contributed by atoms with Gasteiger partial charge < -0.3 is 14.4 Å². The fraction of sp³-hybridized carbons (Fsp3) is 0.348. The highest BCUT2D eigenvalue weighted by atomic mass is 35.5. The molecule has 0 bridgehead atoms. The minimum absolute atomic E-state index is 0. The van der Waals surface area contributed by atoms with Crippen molar-refractivity contribution in [1.29, 1.82) is 0 Å². The van der Waals surface area contributed by atoms with E-state index in [0.717, 1.165) is 56.3 Å². The zero-order valence-corrected chi connectivity index (χ0v) is 17.3. The van der Waals surface area contributed by atoms with Gasteiger partial charge in [0.1, 0.15) is 0 Å². The molecule has 0 amide bonds. The first kappa shape index (κ1) is 21.4. The third-order valence-electron chi connectivity index (χ3n) is 5.25. The Bertz CT molecular complexity index is 833. The van der Waals surface area contributed by atoms with Gasteiger partial charge in [-0.15, -0.1) is 12.4 Å². The summed E-state index contributed by atoms with van der Waals surface area (Å²) in [6.45, 7) is 6.24. The van der Waals surface area contributed by atoms with Gasteiger partial charge in [0, 0.05) is 45.7 Å². The number of piperazine rings is 1. The molecule has 29 heavy (non-hydrogen) atoms. The summed E-state index contributed by atoms with van der Waals surface area (Å²) >= 11 is 0. The van der Waals surface area contributed by atoms with Crippen LogP contribution in [0.5, 0.6) is 11.5 Å². The van der Waals surface area contributed by atoms with Crippen molar-refractivity contribution in [3.8, 4) is 11.5 Å². The Morgan fingerprint density at radius 3 is 2.45 bits per heavy atom. The lowest BCUT2D eigenvalue weighted by molar-refractivity contribution is -0.114. The smallest absolute Gasteiger partial charge is 0.231 e. The van der Waals surface area contributed by atoms with E-state index >= 15 is 0 Å². The van der Waals surface area contributed by atoms with E-state index in [0.29, 0.717) is 6.42 Å². The number of fused-ring (bicyclic) bond motifs is 1. The van der Waals surface area contributed by atoms with Crippen molar-refractivity contribution >= 4 is 24.3 Å². The molecule has 6 heteroatoms. The summed E-state index contributed by atoms with van der Waals surface area (Å²) in [5.74, 6) is 1.65. The first-order valence-corrected chi connectivity index (χ1v) is 9.85. The summed E-state index contributed by atoms with van der Waals surface area (Å²) in [6, 6.07) is 16.3. The van der Waals surface area contributed by atoms with Gasteiger partial charge in [0.05, 0.1) is 0 Å². The predicted octanol–water partition coefficient (Wildman–Crippen LogP) is 3.63. The van der Waals surface area contributed by atoms with Crippen LogP contribution in [-0.2, 0) is 11.3 Å².